The van der Waals surface area contributed by atoms with Crippen molar-refractivity contribution in [2.45, 2.75) is 59.1 Å². The lowest BCUT2D eigenvalue weighted by Gasteiger charge is -2.25. The van der Waals surface area contributed by atoms with Crippen molar-refractivity contribution in [3.63, 3.8) is 0 Å². The Bertz CT molecular complexity index is 391. The number of pyridine rings is 1. The molecule has 2 rings (SSSR count). The number of anilines is 1. The maximum Gasteiger partial charge on any atom is 0.129 e. The van der Waals surface area contributed by atoms with Gasteiger partial charge in [-0.15, -0.1) is 0 Å². The van der Waals surface area contributed by atoms with Crippen LogP contribution >= 0.6 is 0 Å². The molecule has 19 heavy (non-hydrogen) atoms. The van der Waals surface area contributed by atoms with Crippen LogP contribution in [0.3, 0.4) is 0 Å². The quantitative estimate of drug-likeness (QED) is 0.820. The molecule has 3 heteroatoms. The van der Waals surface area contributed by atoms with Gasteiger partial charge in [0.25, 0.3) is 0 Å². The van der Waals surface area contributed by atoms with Gasteiger partial charge < -0.3 is 10.0 Å². The summed E-state index contributed by atoms with van der Waals surface area (Å²) in [4.78, 5) is 7.20. The van der Waals surface area contributed by atoms with Gasteiger partial charge in [-0.25, -0.2) is 4.98 Å². The van der Waals surface area contributed by atoms with Gasteiger partial charge in [0.15, 0.2) is 0 Å². The number of hydrogen-bond donors (Lipinski definition) is 1. The van der Waals surface area contributed by atoms with Crippen molar-refractivity contribution in [3.8, 4) is 0 Å². The number of rotatable bonds is 7. The van der Waals surface area contributed by atoms with Crippen LogP contribution < -0.4 is 4.90 Å². The van der Waals surface area contributed by atoms with Gasteiger partial charge in [0.1, 0.15) is 5.82 Å². The van der Waals surface area contributed by atoms with Crippen molar-refractivity contribution < 1.29 is 5.11 Å². The van der Waals surface area contributed by atoms with E-state index >= 15 is 0 Å². The fourth-order valence-corrected chi connectivity index (χ4v) is 2.32. The van der Waals surface area contributed by atoms with Gasteiger partial charge in [-0.2, -0.15) is 0 Å². The Balaban J connectivity index is 2.19. The van der Waals surface area contributed by atoms with Crippen molar-refractivity contribution in [1.29, 1.82) is 0 Å². The Morgan fingerprint density at radius 1 is 1.37 bits per heavy atom. The maximum atomic E-state index is 9.39. The molecule has 1 aliphatic rings. The highest BCUT2D eigenvalue weighted by molar-refractivity contribution is 5.45. The second-order valence-corrected chi connectivity index (χ2v) is 5.94. The van der Waals surface area contributed by atoms with E-state index in [1.165, 1.54) is 19.3 Å². The van der Waals surface area contributed by atoms with Crippen molar-refractivity contribution in [2.24, 2.45) is 5.92 Å². The first-order valence-electron chi connectivity index (χ1n) is 7.51. The first-order valence-corrected chi connectivity index (χ1v) is 7.51. The van der Waals surface area contributed by atoms with Crippen LogP contribution in [0.4, 0.5) is 5.82 Å². The van der Waals surface area contributed by atoms with Crippen LogP contribution in [-0.4, -0.2) is 22.7 Å². The molecule has 0 amide bonds. The molecule has 0 atom stereocenters. The van der Waals surface area contributed by atoms with Crippen LogP contribution in [-0.2, 0) is 13.0 Å². The molecular weight excluding hydrogens is 236 g/mol. The highest BCUT2D eigenvalue weighted by Gasteiger charge is 2.30. The molecule has 0 unspecified atom stereocenters. The Morgan fingerprint density at radius 3 is 2.63 bits per heavy atom. The summed E-state index contributed by atoms with van der Waals surface area (Å²) < 4.78 is 0. The van der Waals surface area contributed by atoms with Crippen LogP contribution in [0.25, 0.3) is 0 Å². The molecule has 1 aromatic rings. The second-order valence-electron chi connectivity index (χ2n) is 5.94. The van der Waals surface area contributed by atoms with Crippen LogP contribution in [0.5, 0.6) is 0 Å². The number of nitrogens with zero attached hydrogens (tertiary/aromatic N) is 2. The summed E-state index contributed by atoms with van der Waals surface area (Å²) in [7, 11) is 0. The summed E-state index contributed by atoms with van der Waals surface area (Å²) in [6.45, 7) is 7.82. The van der Waals surface area contributed by atoms with E-state index in [1.807, 2.05) is 6.07 Å². The van der Waals surface area contributed by atoms with Crippen molar-refractivity contribution >= 4 is 5.82 Å². The van der Waals surface area contributed by atoms with Crippen molar-refractivity contribution in [1.82, 2.24) is 4.98 Å². The molecule has 0 bridgehead atoms. The maximum absolute atomic E-state index is 9.39. The van der Waals surface area contributed by atoms with Crippen molar-refractivity contribution in [2.75, 3.05) is 11.4 Å². The zero-order chi connectivity index (χ0) is 13.8. The lowest BCUT2D eigenvalue weighted by molar-refractivity contribution is 0.281. The molecule has 0 radical (unpaired) electrons. The zero-order valence-corrected chi connectivity index (χ0v) is 12.4. The fraction of sp³-hybridized carbons (Fsp3) is 0.688. The molecule has 3 nitrogen and oxygen atoms in total. The summed E-state index contributed by atoms with van der Waals surface area (Å²) >= 11 is 0. The molecule has 1 aromatic heterocycles. The molecule has 1 saturated carbocycles. The Morgan fingerprint density at radius 2 is 2.11 bits per heavy atom. The largest absolute Gasteiger partial charge is 0.392 e. The van der Waals surface area contributed by atoms with Crippen LogP contribution in [0.15, 0.2) is 12.1 Å². The third-order valence-electron chi connectivity index (χ3n) is 3.70. The number of aliphatic hydroxyl groups excluding tert-OH is 1. The van der Waals surface area contributed by atoms with Gasteiger partial charge in [-0.05, 0) is 49.3 Å². The molecule has 1 aliphatic carbocycles. The smallest absolute Gasteiger partial charge is 0.129 e. The average Bonchev–Trinajstić information content (AvgIpc) is 3.22. The standard InChI is InChI=1S/C16H26N2O/c1-4-14-9-13(11-19)10-16(17-14)18(15-5-6-15)8-7-12(2)3/h9-10,12,15,19H,4-8,11H2,1-3H3. The summed E-state index contributed by atoms with van der Waals surface area (Å²) in [6.07, 6.45) is 4.68. The molecule has 0 spiro atoms. The van der Waals surface area contributed by atoms with E-state index < -0.39 is 0 Å². The molecule has 0 aromatic carbocycles. The second kappa shape index (κ2) is 6.38. The monoisotopic (exact) mass is 262 g/mol. The molecular formula is C16H26N2O. The van der Waals surface area contributed by atoms with Gasteiger partial charge in [-0.3, -0.25) is 0 Å². The number of aryl methyl sites for hydroxylation is 1. The highest BCUT2D eigenvalue weighted by atomic mass is 16.3. The summed E-state index contributed by atoms with van der Waals surface area (Å²) in [5.74, 6) is 1.78. The first-order chi connectivity index (χ1) is 9.13. The summed E-state index contributed by atoms with van der Waals surface area (Å²) in [5, 5.41) is 9.39. The van der Waals surface area contributed by atoms with Gasteiger partial charge in [0.2, 0.25) is 0 Å². The summed E-state index contributed by atoms with van der Waals surface area (Å²) in [6, 6.07) is 4.74. The van der Waals surface area contributed by atoms with Gasteiger partial charge in [-0.1, -0.05) is 20.8 Å². The predicted octanol–water partition coefficient (Wildman–Crippen LogP) is 3.15. The normalized spacial score (nSPS) is 15.0. The minimum absolute atomic E-state index is 0.102. The van der Waals surface area contributed by atoms with E-state index in [2.05, 4.69) is 31.7 Å². The van der Waals surface area contributed by atoms with Crippen LogP contribution in [0.1, 0.15) is 51.3 Å². The van der Waals surface area contributed by atoms with Gasteiger partial charge in [0, 0.05) is 18.3 Å². The van der Waals surface area contributed by atoms with E-state index in [1.54, 1.807) is 0 Å². The van der Waals surface area contributed by atoms with E-state index in [9.17, 15) is 5.11 Å². The third-order valence-corrected chi connectivity index (χ3v) is 3.70. The van der Waals surface area contributed by atoms with E-state index in [0.29, 0.717) is 12.0 Å². The first kappa shape index (κ1) is 14.3. The zero-order valence-electron chi connectivity index (χ0n) is 12.4. The van der Waals surface area contributed by atoms with Gasteiger partial charge >= 0.3 is 0 Å². The Hall–Kier alpha value is -1.09. The number of hydrogen-bond acceptors (Lipinski definition) is 3. The lowest BCUT2D eigenvalue weighted by atomic mass is 10.1. The summed E-state index contributed by atoms with van der Waals surface area (Å²) in [5.41, 5.74) is 2.06. The van der Waals surface area contributed by atoms with Gasteiger partial charge in [0.05, 0.1) is 6.61 Å². The molecule has 0 saturated heterocycles. The molecule has 1 heterocycles. The topological polar surface area (TPSA) is 36.4 Å². The van der Waals surface area contributed by atoms with Crippen LogP contribution in [0, 0.1) is 5.92 Å². The van der Waals surface area contributed by atoms with E-state index in [-0.39, 0.29) is 6.61 Å². The van der Waals surface area contributed by atoms with E-state index in [0.717, 1.165) is 30.0 Å². The fourth-order valence-electron chi connectivity index (χ4n) is 2.32. The highest BCUT2D eigenvalue weighted by Crippen LogP contribution is 2.32. The predicted molar refractivity (Wildman–Crippen MR) is 79.4 cm³/mol. The third kappa shape index (κ3) is 3.93. The Kier molecular flexibility index (Phi) is 4.81. The number of aliphatic hydroxyl groups is 1. The van der Waals surface area contributed by atoms with Crippen LogP contribution in [0.2, 0.25) is 0 Å². The van der Waals surface area contributed by atoms with Crippen molar-refractivity contribution in [3.05, 3.63) is 23.4 Å². The molecule has 1 fully saturated rings. The number of aromatic nitrogens is 1. The lowest BCUT2D eigenvalue weighted by Crippen LogP contribution is -2.29. The molecule has 1 N–H and O–H groups in total. The minimum atomic E-state index is 0.102. The van der Waals surface area contributed by atoms with E-state index in [4.69, 9.17) is 4.98 Å². The Labute approximate surface area is 116 Å². The molecule has 0 aliphatic heterocycles. The minimum Gasteiger partial charge on any atom is -0.392 e. The molecule has 106 valence electrons. The average molecular weight is 262 g/mol. The SMILES string of the molecule is CCc1cc(CO)cc(N(CCC(C)C)C2CC2)n1.